The Hall–Kier alpha value is -1.96. The highest BCUT2D eigenvalue weighted by atomic mass is 16.6. The van der Waals surface area contributed by atoms with Crippen LogP contribution in [0.5, 0.6) is 0 Å². The molecule has 8 nitrogen and oxygen atoms in total. The first-order valence-electron chi connectivity index (χ1n) is 6.57. The van der Waals surface area contributed by atoms with Crippen LogP contribution >= 0.6 is 0 Å². The first kappa shape index (κ1) is 14.4. The zero-order valence-electron chi connectivity index (χ0n) is 11.3. The molecule has 0 spiro atoms. The smallest absolute Gasteiger partial charge is 0.389 e. The van der Waals surface area contributed by atoms with Gasteiger partial charge in [-0.25, -0.2) is 0 Å². The maximum atomic E-state index is 12.0. The molecule has 1 aliphatic carbocycles. The summed E-state index contributed by atoms with van der Waals surface area (Å²) in [7, 11) is 1.67. The number of carbonyl (C=O) groups excluding carboxylic acids is 1. The minimum Gasteiger partial charge on any atom is -0.393 e. The van der Waals surface area contributed by atoms with Gasteiger partial charge in [0.05, 0.1) is 23.5 Å². The highest BCUT2D eigenvalue weighted by Crippen LogP contribution is 2.26. The van der Waals surface area contributed by atoms with Crippen molar-refractivity contribution >= 4 is 11.7 Å². The average molecular weight is 282 g/mol. The largest absolute Gasteiger partial charge is 0.393 e. The lowest BCUT2D eigenvalue weighted by Gasteiger charge is -2.22. The van der Waals surface area contributed by atoms with Crippen molar-refractivity contribution in [1.82, 2.24) is 14.7 Å². The normalized spacial score (nSPS) is 21.9. The molecule has 0 saturated heterocycles. The summed E-state index contributed by atoms with van der Waals surface area (Å²) >= 11 is 0. The zero-order chi connectivity index (χ0) is 14.7. The van der Waals surface area contributed by atoms with E-state index in [-0.39, 0.29) is 30.3 Å². The molecule has 1 saturated carbocycles. The first-order valence-corrected chi connectivity index (χ1v) is 6.57. The molecule has 0 aliphatic heterocycles. The fourth-order valence-electron chi connectivity index (χ4n) is 2.48. The van der Waals surface area contributed by atoms with Crippen molar-refractivity contribution in [2.24, 2.45) is 5.92 Å². The molecular formula is C12H18N4O4. The Balaban J connectivity index is 1.88. The quantitative estimate of drug-likeness (QED) is 0.622. The number of rotatable bonds is 5. The molecule has 8 heteroatoms. The maximum Gasteiger partial charge on any atom is 0.389 e. The van der Waals surface area contributed by atoms with E-state index in [9.17, 15) is 20.0 Å². The molecule has 1 N–H and O–H groups in total. The van der Waals surface area contributed by atoms with Gasteiger partial charge in [-0.15, -0.1) is 0 Å². The molecular weight excluding hydrogens is 264 g/mol. The van der Waals surface area contributed by atoms with E-state index in [1.165, 1.54) is 16.9 Å². The third-order valence-corrected chi connectivity index (χ3v) is 3.66. The van der Waals surface area contributed by atoms with Crippen molar-refractivity contribution < 1.29 is 14.8 Å². The minimum atomic E-state index is -0.598. The second-order valence-electron chi connectivity index (χ2n) is 5.16. The summed E-state index contributed by atoms with van der Waals surface area (Å²) in [6, 6.07) is 1.26. The lowest BCUT2D eigenvalue weighted by molar-refractivity contribution is -0.389. The van der Waals surface area contributed by atoms with Crippen LogP contribution in [0.1, 0.15) is 19.3 Å². The van der Waals surface area contributed by atoms with Gasteiger partial charge in [0.1, 0.15) is 6.54 Å². The van der Waals surface area contributed by atoms with E-state index >= 15 is 0 Å². The average Bonchev–Trinajstić information content (AvgIpc) is 2.99. The number of nitro groups is 1. The molecule has 2 rings (SSSR count). The predicted octanol–water partition coefficient (Wildman–Crippen LogP) is 0.411. The number of nitrogens with zero attached hydrogens (tertiary/aromatic N) is 4. The lowest BCUT2D eigenvalue weighted by atomic mass is 10.1. The van der Waals surface area contributed by atoms with E-state index in [2.05, 4.69) is 5.10 Å². The van der Waals surface area contributed by atoms with Crippen molar-refractivity contribution in [2.75, 3.05) is 13.6 Å². The van der Waals surface area contributed by atoms with Gasteiger partial charge in [-0.05, 0) is 17.8 Å². The van der Waals surface area contributed by atoms with E-state index in [0.717, 1.165) is 19.3 Å². The van der Waals surface area contributed by atoms with Crippen LogP contribution in [0.3, 0.4) is 0 Å². The van der Waals surface area contributed by atoms with Crippen molar-refractivity contribution in [2.45, 2.75) is 31.9 Å². The molecule has 1 aromatic heterocycles. The summed E-state index contributed by atoms with van der Waals surface area (Å²) in [5.74, 6) is -0.329. The topological polar surface area (TPSA) is 102 Å². The third-order valence-electron chi connectivity index (χ3n) is 3.66. The monoisotopic (exact) mass is 282 g/mol. The Morgan fingerprint density at radius 3 is 2.95 bits per heavy atom. The molecule has 1 fully saturated rings. The van der Waals surface area contributed by atoms with Crippen molar-refractivity contribution in [3.63, 3.8) is 0 Å². The summed E-state index contributed by atoms with van der Waals surface area (Å²) in [4.78, 5) is 23.5. The number of amides is 1. The minimum absolute atomic E-state index is 0.0346. The number of aliphatic hydroxyl groups excluding tert-OH is 1. The van der Waals surface area contributed by atoms with Crippen molar-refractivity contribution in [3.05, 3.63) is 22.4 Å². The lowest BCUT2D eigenvalue weighted by Crippen LogP contribution is -2.36. The van der Waals surface area contributed by atoms with E-state index in [0.29, 0.717) is 6.54 Å². The Bertz CT molecular complexity index is 501. The van der Waals surface area contributed by atoms with Crippen LogP contribution in [-0.2, 0) is 11.3 Å². The van der Waals surface area contributed by atoms with E-state index in [1.807, 2.05) is 0 Å². The Labute approximate surface area is 116 Å². The third kappa shape index (κ3) is 3.32. The van der Waals surface area contributed by atoms with Gasteiger partial charge in [0.2, 0.25) is 5.91 Å². The molecule has 1 amide bonds. The number of aliphatic hydroxyl groups is 1. The van der Waals surface area contributed by atoms with Gasteiger partial charge in [-0.2, -0.15) is 4.68 Å². The molecule has 1 aliphatic rings. The second kappa shape index (κ2) is 6.00. The molecule has 1 heterocycles. The van der Waals surface area contributed by atoms with Gasteiger partial charge < -0.3 is 20.1 Å². The molecule has 0 radical (unpaired) electrons. The molecule has 20 heavy (non-hydrogen) atoms. The van der Waals surface area contributed by atoms with Crippen LogP contribution in [0.25, 0.3) is 0 Å². The summed E-state index contributed by atoms with van der Waals surface area (Å²) < 4.78 is 1.25. The Morgan fingerprint density at radius 1 is 1.65 bits per heavy atom. The molecule has 2 atom stereocenters. The SMILES string of the molecule is CN(CC1CCCC1O)C(=O)Cn1ccc([N+](=O)[O-])n1. The van der Waals surface area contributed by atoms with Crippen LogP contribution < -0.4 is 0 Å². The molecule has 0 bridgehead atoms. The van der Waals surface area contributed by atoms with E-state index in [1.54, 1.807) is 11.9 Å². The van der Waals surface area contributed by atoms with Crippen LogP contribution in [-0.4, -0.2) is 50.3 Å². The summed E-state index contributed by atoms with van der Waals surface area (Å²) in [5.41, 5.74) is 0. The van der Waals surface area contributed by atoms with Crippen molar-refractivity contribution in [1.29, 1.82) is 0 Å². The molecule has 1 aromatic rings. The highest BCUT2D eigenvalue weighted by molar-refractivity contribution is 5.75. The van der Waals surface area contributed by atoms with Crippen LogP contribution in [0, 0.1) is 16.0 Å². The number of hydrogen-bond donors (Lipinski definition) is 1. The number of likely N-dealkylation sites (N-methyl/N-ethyl adjacent to an activating group) is 1. The highest BCUT2D eigenvalue weighted by Gasteiger charge is 2.27. The van der Waals surface area contributed by atoms with Crippen LogP contribution in [0.15, 0.2) is 12.3 Å². The standard InChI is InChI=1S/C12H18N4O4/c1-14(7-9-3-2-4-10(9)17)12(18)8-15-6-5-11(13-15)16(19)20/h5-6,9-10,17H,2-4,7-8H2,1H3. The van der Waals surface area contributed by atoms with E-state index in [4.69, 9.17) is 0 Å². The van der Waals surface area contributed by atoms with Gasteiger partial charge in [0.25, 0.3) is 0 Å². The van der Waals surface area contributed by atoms with Gasteiger partial charge >= 0.3 is 5.82 Å². The maximum absolute atomic E-state index is 12.0. The second-order valence-corrected chi connectivity index (χ2v) is 5.16. The van der Waals surface area contributed by atoms with Gasteiger partial charge in [-0.1, -0.05) is 6.42 Å². The molecule has 2 unspecified atom stereocenters. The fourth-order valence-corrected chi connectivity index (χ4v) is 2.48. The zero-order valence-corrected chi connectivity index (χ0v) is 11.3. The van der Waals surface area contributed by atoms with Gasteiger partial charge in [-0.3, -0.25) is 4.79 Å². The van der Waals surface area contributed by atoms with Crippen LogP contribution in [0.4, 0.5) is 5.82 Å². The number of hydrogen-bond acceptors (Lipinski definition) is 5. The summed E-state index contributed by atoms with van der Waals surface area (Å²) in [6.07, 6.45) is 3.77. The first-order chi connectivity index (χ1) is 9.47. The molecule has 110 valence electrons. The van der Waals surface area contributed by atoms with Gasteiger partial charge in [0.15, 0.2) is 0 Å². The Morgan fingerprint density at radius 2 is 2.40 bits per heavy atom. The Kier molecular flexibility index (Phi) is 4.33. The summed E-state index contributed by atoms with van der Waals surface area (Å²) in [5, 5.41) is 23.9. The van der Waals surface area contributed by atoms with E-state index < -0.39 is 4.92 Å². The van der Waals surface area contributed by atoms with Crippen LogP contribution in [0.2, 0.25) is 0 Å². The fraction of sp³-hybridized carbons (Fsp3) is 0.667. The van der Waals surface area contributed by atoms with Gasteiger partial charge in [0, 0.05) is 19.5 Å². The predicted molar refractivity (Wildman–Crippen MR) is 69.9 cm³/mol. The summed E-state index contributed by atoms with van der Waals surface area (Å²) in [6.45, 7) is 0.469. The molecule has 0 aromatic carbocycles. The number of aromatic nitrogens is 2. The number of carbonyl (C=O) groups is 1. The van der Waals surface area contributed by atoms with Crippen molar-refractivity contribution in [3.8, 4) is 0 Å².